The van der Waals surface area contributed by atoms with Crippen LogP contribution in [0.25, 0.3) is 0 Å². The Labute approximate surface area is 210 Å². The van der Waals surface area contributed by atoms with Crippen molar-refractivity contribution in [2.24, 2.45) is 28.1 Å². The van der Waals surface area contributed by atoms with E-state index < -0.39 is 41.8 Å². The molecule has 0 aliphatic carbocycles. The Bertz CT molecular complexity index is 810. The molecule has 1 saturated heterocycles. The third-order valence-corrected chi connectivity index (χ3v) is 6.04. The van der Waals surface area contributed by atoms with E-state index in [1.165, 1.54) is 0 Å². The van der Waals surface area contributed by atoms with Crippen LogP contribution in [0.1, 0.15) is 58.8 Å². The molecule has 5 unspecified atom stereocenters. The van der Waals surface area contributed by atoms with Crippen LogP contribution in [0.15, 0.2) is 4.99 Å². The number of nitrogens with two attached hydrogens (primary N) is 3. The maximum absolute atomic E-state index is 13.2. The van der Waals surface area contributed by atoms with Gasteiger partial charge in [0.2, 0.25) is 23.6 Å². The van der Waals surface area contributed by atoms with Gasteiger partial charge in [0.15, 0.2) is 5.96 Å². The smallest absolute Gasteiger partial charge is 0.326 e. The summed E-state index contributed by atoms with van der Waals surface area (Å²) in [5, 5.41) is 20.3. The van der Waals surface area contributed by atoms with Crippen LogP contribution in [0.4, 0.5) is 0 Å². The van der Waals surface area contributed by atoms with Gasteiger partial charge in [0.25, 0.3) is 0 Å². The van der Waals surface area contributed by atoms with Crippen LogP contribution in [-0.4, -0.2) is 77.9 Å². The monoisotopic (exact) mass is 512 g/mol. The number of primary amides is 1. The molecule has 204 valence electrons. The van der Waals surface area contributed by atoms with E-state index in [0.29, 0.717) is 19.3 Å². The van der Waals surface area contributed by atoms with Crippen LogP contribution < -0.4 is 38.5 Å². The normalized spacial score (nSPS) is 18.2. The molecule has 0 spiro atoms. The molecule has 0 aromatic rings. The molecule has 11 N–H and O–H groups in total. The summed E-state index contributed by atoms with van der Waals surface area (Å²) in [5.74, 6) is -4.02. The summed E-state index contributed by atoms with van der Waals surface area (Å²) in [7, 11) is 0. The summed E-state index contributed by atoms with van der Waals surface area (Å²) in [6.45, 7) is 4.59. The summed E-state index contributed by atoms with van der Waals surface area (Å²) in [6, 6.07) is -3.79. The summed E-state index contributed by atoms with van der Waals surface area (Å²) >= 11 is 0. The second-order valence-electron chi connectivity index (χ2n) is 8.94. The Balaban J connectivity index is 3.00. The second-order valence-corrected chi connectivity index (χ2v) is 8.94. The van der Waals surface area contributed by atoms with E-state index in [1.807, 2.05) is 13.8 Å². The Kier molecular flexibility index (Phi) is 13.2. The highest BCUT2D eigenvalue weighted by atomic mass is 16.4. The molecule has 0 saturated carbocycles. The molecule has 1 rings (SSSR count). The highest BCUT2D eigenvalue weighted by molar-refractivity contribution is 5.94. The minimum absolute atomic E-state index is 0.0991. The molecule has 14 nitrogen and oxygen atoms in total. The first-order chi connectivity index (χ1) is 17.0. The molecule has 0 aromatic carbocycles. The minimum Gasteiger partial charge on any atom is -0.480 e. The van der Waals surface area contributed by atoms with Gasteiger partial charge in [-0.15, -0.1) is 0 Å². The number of nitrogens with one attached hydrogen (secondary N) is 4. The standard InChI is InChI=1S/C22H40N8O6/c1-3-12(2)17(30-18(32)13-6-4-10-26-13)20(34)28-14(7-5-11-27-22(24)25)19(33)29-15(21(35)36)8-9-16(23)31/h12-15,17,26H,3-11H2,1-2H3,(H2,23,31)(H,28,34)(H,29,33)(H,30,32)(H,35,36)(H4,24,25,27). The summed E-state index contributed by atoms with van der Waals surface area (Å²) in [5.41, 5.74) is 15.7. The van der Waals surface area contributed by atoms with Crippen LogP contribution in [0.2, 0.25) is 0 Å². The number of carboxylic acid groups (broad SMARTS) is 1. The van der Waals surface area contributed by atoms with Crippen LogP contribution >= 0.6 is 0 Å². The van der Waals surface area contributed by atoms with Crippen LogP contribution in [0, 0.1) is 5.92 Å². The lowest BCUT2D eigenvalue weighted by Gasteiger charge is -2.28. The van der Waals surface area contributed by atoms with Gasteiger partial charge in [-0.3, -0.25) is 24.2 Å². The van der Waals surface area contributed by atoms with Crippen LogP contribution in [-0.2, 0) is 24.0 Å². The van der Waals surface area contributed by atoms with E-state index in [2.05, 4.69) is 26.3 Å². The second kappa shape index (κ2) is 15.5. The fourth-order valence-electron chi connectivity index (χ4n) is 3.71. The zero-order valence-corrected chi connectivity index (χ0v) is 20.9. The van der Waals surface area contributed by atoms with Gasteiger partial charge in [-0.2, -0.15) is 0 Å². The molecule has 1 aliphatic heterocycles. The molecule has 0 aromatic heterocycles. The predicted molar refractivity (Wildman–Crippen MR) is 132 cm³/mol. The minimum atomic E-state index is -1.37. The Morgan fingerprint density at radius 1 is 1.03 bits per heavy atom. The molecule has 1 fully saturated rings. The van der Waals surface area contributed by atoms with Gasteiger partial charge in [0, 0.05) is 13.0 Å². The lowest BCUT2D eigenvalue weighted by molar-refractivity contribution is -0.142. The lowest BCUT2D eigenvalue weighted by Crippen LogP contribution is -2.58. The summed E-state index contributed by atoms with van der Waals surface area (Å²) < 4.78 is 0. The Hall–Kier alpha value is -3.42. The van der Waals surface area contributed by atoms with Gasteiger partial charge >= 0.3 is 5.97 Å². The van der Waals surface area contributed by atoms with Crippen LogP contribution in [0.5, 0.6) is 0 Å². The molecule has 1 aliphatic rings. The number of rotatable bonds is 16. The number of carbonyl (C=O) groups is 5. The van der Waals surface area contributed by atoms with Crippen molar-refractivity contribution in [2.75, 3.05) is 13.1 Å². The van der Waals surface area contributed by atoms with Crippen molar-refractivity contribution in [1.82, 2.24) is 21.3 Å². The third kappa shape index (κ3) is 10.9. The fourth-order valence-corrected chi connectivity index (χ4v) is 3.71. The summed E-state index contributed by atoms with van der Waals surface area (Å²) in [4.78, 5) is 65.3. The van der Waals surface area contributed by atoms with Crippen molar-refractivity contribution in [2.45, 2.75) is 83.0 Å². The Morgan fingerprint density at radius 2 is 1.69 bits per heavy atom. The molecule has 4 amide bonds. The number of carbonyl (C=O) groups excluding carboxylic acids is 4. The number of hydrogen-bond donors (Lipinski definition) is 8. The van der Waals surface area contributed by atoms with Gasteiger partial charge in [0.05, 0.1) is 6.04 Å². The highest BCUT2D eigenvalue weighted by Gasteiger charge is 2.33. The van der Waals surface area contributed by atoms with Gasteiger partial charge in [-0.25, -0.2) is 4.79 Å². The van der Waals surface area contributed by atoms with E-state index in [4.69, 9.17) is 17.2 Å². The first-order valence-electron chi connectivity index (χ1n) is 12.2. The largest absolute Gasteiger partial charge is 0.480 e. The topological polar surface area (TPSA) is 244 Å². The van der Waals surface area contributed by atoms with E-state index in [1.54, 1.807) is 0 Å². The number of hydrogen-bond acceptors (Lipinski definition) is 7. The van der Waals surface area contributed by atoms with E-state index >= 15 is 0 Å². The van der Waals surface area contributed by atoms with Gasteiger partial charge in [-0.05, 0) is 44.6 Å². The first-order valence-corrected chi connectivity index (χ1v) is 12.2. The van der Waals surface area contributed by atoms with Gasteiger partial charge < -0.3 is 43.6 Å². The molecule has 0 bridgehead atoms. The quantitative estimate of drug-likeness (QED) is 0.0625. The predicted octanol–water partition coefficient (Wildman–Crippen LogP) is -2.36. The maximum atomic E-state index is 13.2. The maximum Gasteiger partial charge on any atom is 0.326 e. The number of aliphatic carboxylic acids is 1. The number of amides is 4. The van der Waals surface area contributed by atoms with E-state index in [9.17, 15) is 29.1 Å². The number of guanidine groups is 1. The molecule has 0 radical (unpaired) electrons. The molecule has 36 heavy (non-hydrogen) atoms. The highest BCUT2D eigenvalue weighted by Crippen LogP contribution is 2.12. The SMILES string of the molecule is CCC(C)C(NC(=O)C1CCCN1)C(=O)NC(CCCN=C(N)N)C(=O)NC(CCC(N)=O)C(=O)O. The molecule has 14 heteroatoms. The average molecular weight is 513 g/mol. The van der Waals surface area contributed by atoms with Crippen molar-refractivity contribution in [3.05, 3.63) is 0 Å². The van der Waals surface area contributed by atoms with Crippen molar-refractivity contribution >= 4 is 35.6 Å². The van der Waals surface area contributed by atoms with Gasteiger partial charge in [0.1, 0.15) is 18.1 Å². The fraction of sp³-hybridized carbons (Fsp3) is 0.727. The lowest BCUT2D eigenvalue weighted by atomic mass is 9.97. The van der Waals surface area contributed by atoms with Crippen molar-refractivity contribution in [3.63, 3.8) is 0 Å². The van der Waals surface area contributed by atoms with Crippen LogP contribution in [0.3, 0.4) is 0 Å². The number of carboxylic acids is 1. The number of nitrogens with zero attached hydrogens (tertiary/aromatic N) is 1. The third-order valence-electron chi connectivity index (χ3n) is 6.04. The average Bonchev–Trinajstić information content (AvgIpc) is 3.35. The molecular weight excluding hydrogens is 472 g/mol. The Morgan fingerprint density at radius 3 is 2.22 bits per heavy atom. The van der Waals surface area contributed by atoms with Gasteiger partial charge in [-0.1, -0.05) is 20.3 Å². The molecule has 1 heterocycles. The van der Waals surface area contributed by atoms with Crippen molar-refractivity contribution < 1.29 is 29.1 Å². The number of aliphatic imine (C=N–C) groups is 1. The molecule has 5 atom stereocenters. The van der Waals surface area contributed by atoms with E-state index in [-0.39, 0.29) is 49.6 Å². The zero-order valence-electron chi connectivity index (χ0n) is 20.9. The first kappa shape index (κ1) is 30.6. The van der Waals surface area contributed by atoms with Crippen molar-refractivity contribution in [3.8, 4) is 0 Å². The van der Waals surface area contributed by atoms with E-state index in [0.717, 1.165) is 13.0 Å². The molecular formula is C22H40N8O6. The zero-order chi connectivity index (χ0) is 27.3. The van der Waals surface area contributed by atoms with Crippen molar-refractivity contribution in [1.29, 1.82) is 0 Å². The summed E-state index contributed by atoms with van der Waals surface area (Å²) in [6.07, 6.45) is 2.08.